The molecule has 0 spiro atoms. The molecule has 7 heteroatoms. The molecule has 1 fully saturated rings. The van der Waals surface area contributed by atoms with E-state index in [9.17, 15) is 14.4 Å². The van der Waals surface area contributed by atoms with E-state index < -0.39 is 6.10 Å². The third-order valence-electron chi connectivity index (χ3n) is 4.22. The van der Waals surface area contributed by atoms with Crippen molar-refractivity contribution in [1.82, 2.24) is 10.2 Å². The van der Waals surface area contributed by atoms with Gasteiger partial charge in [0.05, 0.1) is 5.92 Å². The maximum atomic E-state index is 12.4. The highest BCUT2D eigenvalue weighted by atomic mass is 35.5. The van der Waals surface area contributed by atoms with Crippen LogP contribution in [0.25, 0.3) is 0 Å². The molecule has 2 amide bonds. The number of piperidine rings is 1. The summed E-state index contributed by atoms with van der Waals surface area (Å²) in [5.41, 5.74) is 0.579. The van der Waals surface area contributed by atoms with E-state index in [1.54, 1.807) is 43.0 Å². The molecule has 0 unspecified atom stereocenters. The summed E-state index contributed by atoms with van der Waals surface area (Å²) >= 11 is 5.83. The molecule has 1 aromatic rings. The van der Waals surface area contributed by atoms with Crippen molar-refractivity contribution in [3.63, 3.8) is 0 Å². The van der Waals surface area contributed by atoms with Gasteiger partial charge in [0.15, 0.2) is 6.10 Å². The molecule has 1 N–H and O–H groups in total. The summed E-state index contributed by atoms with van der Waals surface area (Å²) in [4.78, 5) is 38.0. The number of hydrogen-bond acceptors (Lipinski definition) is 4. The molecule has 6 nitrogen and oxygen atoms in total. The molecule has 1 aliphatic heterocycles. The van der Waals surface area contributed by atoms with Crippen LogP contribution in [0.5, 0.6) is 0 Å². The van der Waals surface area contributed by atoms with Gasteiger partial charge in [0.1, 0.15) is 0 Å². The van der Waals surface area contributed by atoms with Crippen molar-refractivity contribution in [3.8, 4) is 0 Å². The first kappa shape index (κ1) is 19.2. The number of nitrogens with zero attached hydrogens (tertiary/aromatic N) is 1. The Kier molecular flexibility index (Phi) is 6.82. The van der Waals surface area contributed by atoms with Crippen LogP contribution in [0.1, 0.15) is 37.0 Å². The van der Waals surface area contributed by atoms with E-state index in [1.807, 2.05) is 0 Å². The molecule has 0 aliphatic carbocycles. The molecule has 1 heterocycles. The summed E-state index contributed by atoms with van der Waals surface area (Å²) in [6.07, 6.45) is 0.252. The fraction of sp³-hybridized carbons (Fsp3) is 0.500. The Labute approximate surface area is 152 Å². The van der Waals surface area contributed by atoms with Crippen LogP contribution < -0.4 is 5.32 Å². The van der Waals surface area contributed by atoms with Gasteiger partial charge < -0.3 is 15.0 Å². The lowest BCUT2D eigenvalue weighted by molar-refractivity contribution is -0.160. The lowest BCUT2D eigenvalue weighted by Gasteiger charge is -2.31. The fourth-order valence-corrected chi connectivity index (χ4v) is 2.86. The van der Waals surface area contributed by atoms with Crippen molar-refractivity contribution < 1.29 is 19.1 Å². The zero-order valence-electron chi connectivity index (χ0n) is 14.5. The number of ether oxygens (including phenoxy) is 1. The van der Waals surface area contributed by atoms with Crippen LogP contribution in [-0.2, 0) is 14.3 Å². The number of benzene rings is 1. The molecular weight excluding hydrogens is 344 g/mol. The Morgan fingerprint density at radius 2 is 1.84 bits per heavy atom. The number of hydrogen-bond donors (Lipinski definition) is 1. The van der Waals surface area contributed by atoms with Gasteiger partial charge >= 0.3 is 5.97 Å². The van der Waals surface area contributed by atoms with Crippen LogP contribution in [0, 0.1) is 5.92 Å². The van der Waals surface area contributed by atoms with Crippen molar-refractivity contribution in [2.75, 3.05) is 19.6 Å². The van der Waals surface area contributed by atoms with E-state index in [4.69, 9.17) is 16.3 Å². The van der Waals surface area contributed by atoms with E-state index >= 15 is 0 Å². The Bertz CT molecular complexity index is 624. The van der Waals surface area contributed by atoms with Crippen LogP contribution in [0.15, 0.2) is 24.3 Å². The maximum absolute atomic E-state index is 12.4. The van der Waals surface area contributed by atoms with Crippen LogP contribution in [0.3, 0.4) is 0 Å². The molecule has 0 bridgehead atoms. The first-order chi connectivity index (χ1) is 11.9. The Hall–Kier alpha value is -2.08. The van der Waals surface area contributed by atoms with Crippen LogP contribution in [-0.4, -0.2) is 48.4 Å². The van der Waals surface area contributed by atoms with Gasteiger partial charge in [-0.3, -0.25) is 14.4 Å². The number of esters is 1. The third-order valence-corrected chi connectivity index (χ3v) is 4.47. The molecule has 0 aromatic heterocycles. The zero-order valence-corrected chi connectivity index (χ0v) is 15.2. The van der Waals surface area contributed by atoms with Crippen LogP contribution in [0.4, 0.5) is 0 Å². The van der Waals surface area contributed by atoms with Crippen LogP contribution in [0.2, 0.25) is 5.02 Å². The molecule has 25 heavy (non-hydrogen) atoms. The summed E-state index contributed by atoms with van der Waals surface area (Å²) in [7, 11) is 0. The topological polar surface area (TPSA) is 75.7 Å². The highest BCUT2D eigenvalue weighted by Gasteiger charge is 2.30. The monoisotopic (exact) mass is 366 g/mol. The SMILES string of the molecule is CCNC(=O)[C@H](C)OC(=O)C1CCN(C(=O)c2ccc(Cl)cc2)CC1. The van der Waals surface area contributed by atoms with E-state index in [0.29, 0.717) is 43.1 Å². The molecule has 0 radical (unpaired) electrons. The first-order valence-electron chi connectivity index (χ1n) is 8.45. The highest BCUT2D eigenvalue weighted by molar-refractivity contribution is 6.30. The number of likely N-dealkylation sites (tertiary alicyclic amines) is 1. The number of nitrogens with one attached hydrogen (secondary N) is 1. The predicted octanol–water partition coefficient (Wildman–Crippen LogP) is 2.26. The molecule has 136 valence electrons. The number of halogens is 1. The Morgan fingerprint density at radius 3 is 2.40 bits per heavy atom. The average Bonchev–Trinajstić information content (AvgIpc) is 2.62. The van der Waals surface area contributed by atoms with Crippen molar-refractivity contribution in [3.05, 3.63) is 34.9 Å². The molecular formula is C18H23ClN2O4. The largest absolute Gasteiger partial charge is 0.452 e. The van der Waals surface area contributed by atoms with Crippen molar-refractivity contribution in [1.29, 1.82) is 0 Å². The predicted molar refractivity (Wildman–Crippen MR) is 94.3 cm³/mol. The van der Waals surface area contributed by atoms with E-state index in [2.05, 4.69) is 5.32 Å². The zero-order chi connectivity index (χ0) is 18.4. The standard InChI is InChI=1S/C18H23ClN2O4/c1-3-20-16(22)12(2)25-18(24)14-8-10-21(11-9-14)17(23)13-4-6-15(19)7-5-13/h4-7,12,14H,3,8-11H2,1-2H3,(H,20,22)/t12-/m0/s1. The van der Waals surface area contributed by atoms with E-state index in [1.165, 1.54) is 0 Å². The summed E-state index contributed by atoms with van der Waals surface area (Å²) in [6, 6.07) is 6.75. The number of carbonyl (C=O) groups excluding carboxylic acids is 3. The normalized spacial score (nSPS) is 16.2. The Balaban J connectivity index is 1.84. The molecule has 1 aromatic carbocycles. The summed E-state index contributed by atoms with van der Waals surface area (Å²) in [5.74, 6) is -1.03. The molecule has 1 saturated heterocycles. The van der Waals surface area contributed by atoms with Gasteiger partial charge in [-0.25, -0.2) is 0 Å². The number of rotatable bonds is 5. The van der Waals surface area contributed by atoms with Gasteiger partial charge in [-0.1, -0.05) is 11.6 Å². The minimum Gasteiger partial charge on any atom is -0.452 e. The van der Waals surface area contributed by atoms with Gasteiger partial charge in [-0.2, -0.15) is 0 Å². The summed E-state index contributed by atoms with van der Waals surface area (Å²) in [5, 5.41) is 3.20. The minimum atomic E-state index is -0.804. The van der Waals surface area contributed by atoms with Gasteiger partial charge in [0, 0.05) is 30.2 Å². The van der Waals surface area contributed by atoms with Gasteiger partial charge in [-0.15, -0.1) is 0 Å². The second-order valence-electron chi connectivity index (χ2n) is 6.05. The van der Waals surface area contributed by atoms with Gasteiger partial charge in [0.2, 0.25) is 0 Å². The lowest BCUT2D eigenvalue weighted by atomic mass is 9.96. The molecule has 1 atom stereocenters. The first-order valence-corrected chi connectivity index (χ1v) is 8.83. The minimum absolute atomic E-state index is 0.0702. The van der Waals surface area contributed by atoms with Crippen LogP contribution >= 0.6 is 11.6 Å². The third kappa shape index (κ3) is 5.19. The number of likely N-dealkylation sites (N-methyl/N-ethyl adjacent to an activating group) is 1. The van der Waals surface area contributed by atoms with Gasteiger partial charge in [0.25, 0.3) is 11.8 Å². The number of carbonyl (C=O) groups is 3. The maximum Gasteiger partial charge on any atom is 0.309 e. The highest BCUT2D eigenvalue weighted by Crippen LogP contribution is 2.21. The lowest BCUT2D eigenvalue weighted by Crippen LogP contribution is -2.42. The van der Waals surface area contributed by atoms with Crippen molar-refractivity contribution in [2.24, 2.45) is 5.92 Å². The van der Waals surface area contributed by atoms with Crippen molar-refractivity contribution >= 4 is 29.4 Å². The smallest absolute Gasteiger partial charge is 0.309 e. The molecule has 2 rings (SSSR count). The molecule has 1 aliphatic rings. The second kappa shape index (κ2) is 8.85. The van der Waals surface area contributed by atoms with Gasteiger partial charge in [-0.05, 0) is 51.0 Å². The second-order valence-corrected chi connectivity index (χ2v) is 6.48. The fourth-order valence-electron chi connectivity index (χ4n) is 2.74. The summed E-state index contributed by atoms with van der Waals surface area (Å²) < 4.78 is 5.23. The Morgan fingerprint density at radius 1 is 1.24 bits per heavy atom. The number of amides is 2. The quantitative estimate of drug-likeness (QED) is 0.811. The van der Waals surface area contributed by atoms with Crippen molar-refractivity contribution in [2.45, 2.75) is 32.8 Å². The summed E-state index contributed by atoms with van der Waals surface area (Å²) in [6.45, 7) is 4.82. The molecule has 0 saturated carbocycles. The van der Waals surface area contributed by atoms with E-state index in [0.717, 1.165) is 0 Å². The van der Waals surface area contributed by atoms with E-state index in [-0.39, 0.29) is 23.7 Å². The average molecular weight is 367 g/mol.